The number of halogens is 7. The molecular formula is C83H57Br2F5N28OS4. The van der Waals surface area contributed by atoms with Crippen LogP contribution in [0.15, 0.2) is 283 Å². The summed E-state index contributed by atoms with van der Waals surface area (Å²) in [4.78, 5) is 73.4. The lowest BCUT2D eigenvalue weighted by molar-refractivity contribution is 0.557. The van der Waals surface area contributed by atoms with E-state index in [0.717, 1.165) is 8.95 Å². The Bertz CT molecular complexity index is 6680. The van der Waals surface area contributed by atoms with Gasteiger partial charge in [-0.2, -0.15) is 0 Å². The molecule has 15 aromatic heterocycles. The van der Waals surface area contributed by atoms with Gasteiger partial charge < -0.3 is 10.2 Å². The number of thiazole rings is 4. The van der Waals surface area contributed by atoms with Crippen molar-refractivity contribution in [2.75, 3.05) is 5.73 Å². The van der Waals surface area contributed by atoms with Gasteiger partial charge in [0.2, 0.25) is 17.5 Å². The smallest absolute Gasteiger partial charge is 0.202 e. The minimum absolute atomic E-state index is 0.218. The minimum atomic E-state index is -0.300. The lowest BCUT2D eigenvalue weighted by Gasteiger charge is -2.06. The predicted molar refractivity (Wildman–Crippen MR) is 459 cm³/mol. The molecule has 0 saturated carbocycles. The Kier molecular flexibility index (Phi) is 26.2. The Hall–Kier alpha value is -14.5. The van der Waals surface area contributed by atoms with Crippen LogP contribution in [0.3, 0.4) is 0 Å². The quantitative estimate of drug-likeness (QED) is 0.0693. The van der Waals surface area contributed by atoms with Crippen molar-refractivity contribution in [3.05, 3.63) is 336 Å². The SMILES string of the molecule is Fc1ccccc1Cn1nc(-c2cc(Br)ccn2)nc1-c1cocn1.Fc1ccccc1Cn1nc(-c2cnccn2)nc1-c1cscn1.Fc1ccccc1Cn1nc(-c2cscn2)nc1-c1cc(Br)ccn1.Fc1ccccc1Cn1nc(-c2cscn2)nc1-c1cnccn1.Nc1ccnc(-c2nc(-c3cscn3)n(Cc3ccccc3F)n2)c1. The Morgan fingerprint density at radius 2 is 0.610 bits per heavy atom. The van der Waals surface area contributed by atoms with Crippen LogP contribution in [-0.2, 0) is 32.7 Å². The summed E-state index contributed by atoms with van der Waals surface area (Å²) in [6.07, 6.45) is 17.3. The first-order valence-corrected chi connectivity index (χ1v) is 41.9. The van der Waals surface area contributed by atoms with Crippen molar-refractivity contribution in [3.63, 3.8) is 0 Å². The van der Waals surface area contributed by atoms with Crippen molar-refractivity contribution >= 4 is 82.9 Å². The van der Waals surface area contributed by atoms with Gasteiger partial charge in [-0.05, 0) is 66.7 Å². The highest BCUT2D eigenvalue weighted by Gasteiger charge is 2.24. The molecule has 0 radical (unpaired) electrons. The molecule has 0 unspecified atom stereocenters. The zero-order valence-electron chi connectivity index (χ0n) is 63.4. The second kappa shape index (κ2) is 39.2. The van der Waals surface area contributed by atoms with Gasteiger partial charge in [0.05, 0.1) is 67.2 Å². The van der Waals surface area contributed by atoms with Crippen LogP contribution in [0.1, 0.15) is 27.8 Å². The van der Waals surface area contributed by atoms with Crippen molar-refractivity contribution in [3.8, 4) is 115 Å². The van der Waals surface area contributed by atoms with E-state index in [4.69, 9.17) is 10.2 Å². The third-order valence-electron chi connectivity index (χ3n) is 17.6. The van der Waals surface area contributed by atoms with E-state index in [2.05, 4.69) is 142 Å². The molecular weight excluding hydrogens is 1790 g/mol. The summed E-state index contributed by atoms with van der Waals surface area (Å²) in [5.41, 5.74) is 22.1. The Labute approximate surface area is 726 Å². The van der Waals surface area contributed by atoms with Gasteiger partial charge in [0.25, 0.3) is 0 Å². The van der Waals surface area contributed by atoms with Crippen LogP contribution in [0.5, 0.6) is 0 Å². The first-order valence-electron chi connectivity index (χ1n) is 36.6. The summed E-state index contributed by atoms with van der Waals surface area (Å²) in [5, 5.41) is 30.0. The van der Waals surface area contributed by atoms with Crippen LogP contribution in [-0.4, -0.2) is 134 Å². The maximum atomic E-state index is 14.1. The summed E-state index contributed by atoms with van der Waals surface area (Å²) >= 11 is 12.7. The number of benzene rings is 5. The molecule has 2 N–H and O–H groups in total. The van der Waals surface area contributed by atoms with Gasteiger partial charge in [0.1, 0.15) is 92.3 Å². The van der Waals surface area contributed by atoms with E-state index < -0.39 is 0 Å². The predicted octanol–water partition coefficient (Wildman–Crippen LogP) is 17.7. The molecule has 0 aliphatic carbocycles. The highest BCUT2D eigenvalue weighted by molar-refractivity contribution is 9.10. The molecule has 0 fully saturated rings. The zero-order chi connectivity index (χ0) is 84.4. The van der Waals surface area contributed by atoms with Crippen molar-refractivity contribution < 1.29 is 26.4 Å². The molecule has 0 bridgehead atoms. The molecule has 608 valence electrons. The molecule has 0 saturated heterocycles. The number of oxazole rings is 1. The summed E-state index contributed by atoms with van der Waals surface area (Å²) in [6.45, 7) is 1.22. The highest BCUT2D eigenvalue weighted by atomic mass is 79.9. The van der Waals surface area contributed by atoms with Crippen LogP contribution >= 0.6 is 77.2 Å². The van der Waals surface area contributed by atoms with E-state index in [-0.39, 0.29) is 61.8 Å². The fraction of sp³-hybridized carbons (Fsp3) is 0.0602. The molecule has 0 aliphatic rings. The summed E-state index contributed by atoms with van der Waals surface area (Å²) < 4.78 is 85.0. The molecule has 20 rings (SSSR count). The first-order chi connectivity index (χ1) is 60.2. The molecule has 0 atom stereocenters. The van der Waals surface area contributed by atoms with Gasteiger partial charge in [-0.3, -0.25) is 24.9 Å². The van der Waals surface area contributed by atoms with Crippen LogP contribution < -0.4 is 5.73 Å². The third kappa shape index (κ3) is 20.5. The number of nitrogens with two attached hydrogens (primary N) is 1. The number of hydrogen-bond donors (Lipinski definition) is 1. The molecule has 40 heteroatoms. The van der Waals surface area contributed by atoms with E-state index in [1.165, 1.54) is 88.3 Å². The second-order valence-corrected chi connectivity index (χ2v) is 30.5. The van der Waals surface area contributed by atoms with E-state index in [0.29, 0.717) is 149 Å². The third-order valence-corrected chi connectivity index (χ3v) is 20.9. The van der Waals surface area contributed by atoms with Gasteiger partial charge in [-0.1, -0.05) is 123 Å². The zero-order valence-corrected chi connectivity index (χ0v) is 69.8. The van der Waals surface area contributed by atoms with Gasteiger partial charge in [-0.25, -0.2) is 105 Å². The Balaban J connectivity index is 0.000000114. The molecule has 0 aliphatic heterocycles. The number of hydrogen-bond acceptors (Lipinski definition) is 28. The fourth-order valence-corrected chi connectivity index (χ4v) is 14.6. The van der Waals surface area contributed by atoms with Gasteiger partial charge >= 0.3 is 0 Å². The molecule has 5 aromatic carbocycles. The van der Waals surface area contributed by atoms with E-state index in [1.54, 1.807) is 204 Å². The first kappa shape index (κ1) is 82.3. The monoisotopic (exact) mass is 1840 g/mol. The van der Waals surface area contributed by atoms with Crippen molar-refractivity contribution in [2.45, 2.75) is 32.7 Å². The topological polar surface area (TPSA) is 347 Å². The Morgan fingerprint density at radius 3 is 0.951 bits per heavy atom. The van der Waals surface area contributed by atoms with E-state index in [9.17, 15) is 22.0 Å². The lowest BCUT2D eigenvalue weighted by atomic mass is 10.2. The summed E-state index contributed by atoms with van der Waals surface area (Å²) in [7, 11) is 0. The normalized spacial score (nSPS) is 10.9. The maximum absolute atomic E-state index is 14.1. The second-order valence-electron chi connectivity index (χ2n) is 25.8. The fourth-order valence-electron chi connectivity index (χ4n) is 11.8. The highest BCUT2D eigenvalue weighted by Crippen LogP contribution is 2.31. The molecule has 123 heavy (non-hydrogen) atoms. The number of aromatic nitrogens is 27. The van der Waals surface area contributed by atoms with Gasteiger partial charge in [-0.15, -0.1) is 70.8 Å². The number of pyridine rings is 3. The summed E-state index contributed by atoms with van der Waals surface area (Å²) in [6, 6.07) is 43.7. The standard InChI is InChI=1S/C17H11BrFN5O.C17H11BrFN5S.C17H13FN6S.2C16H11FN6S/c18-12-5-6-20-14(7-12)16-22-17(15-9-25-10-21-15)24(23-16)8-11-3-1-2-4-13(11)19;18-12-5-6-20-14(7-12)17-22-16(15-9-25-10-21-15)23-24(17)8-11-3-1-2-4-13(11)19;18-13-4-2-1-3-11(13)8-24-17(15-9-25-10-21-15)22-16(23-24)14-7-12(19)5-6-20-14;17-12-4-2-1-3-11(12)8-23-16(13-7-18-5-6-19-13)21-15(22-23)14-9-24-10-20-14;17-12-4-2-1-3-11(12)8-23-16(14-9-24-10-20-14)21-15(22-23)13-7-18-5-6-19-13/h2*1-7,9-10H,8H2;1-7,9-10H,8H2,(H2,19,20);2*1-7,9-10H,8H2. The Morgan fingerprint density at radius 1 is 0.301 bits per heavy atom. The van der Waals surface area contributed by atoms with Crippen LogP contribution in [0, 0.1) is 29.1 Å². The van der Waals surface area contributed by atoms with Crippen molar-refractivity contribution in [2.24, 2.45) is 0 Å². The number of anilines is 1. The van der Waals surface area contributed by atoms with Crippen molar-refractivity contribution in [1.29, 1.82) is 0 Å². The lowest BCUT2D eigenvalue weighted by Crippen LogP contribution is -2.06. The van der Waals surface area contributed by atoms with Crippen LogP contribution in [0.25, 0.3) is 115 Å². The maximum Gasteiger partial charge on any atom is 0.202 e. The molecule has 29 nitrogen and oxygen atoms in total. The van der Waals surface area contributed by atoms with Gasteiger partial charge in [0, 0.05) is 107 Å². The number of rotatable bonds is 20. The largest absolute Gasteiger partial charge is 0.451 e. The van der Waals surface area contributed by atoms with E-state index >= 15 is 0 Å². The number of nitrogen functional groups attached to an aromatic ring is 1. The summed E-state index contributed by atoms with van der Waals surface area (Å²) in [5.74, 6) is 3.52. The molecule has 20 aromatic rings. The van der Waals surface area contributed by atoms with Gasteiger partial charge in [0.15, 0.2) is 47.2 Å². The molecule has 15 heterocycles. The molecule has 0 amide bonds. The average Bonchev–Trinajstić information content (AvgIpc) is 1.68. The van der Waals surface area contributed by atoms with E-state index in [1.807, 2.05) is 45.8 Å². The van der Waals surface area contributed by atoms with Crippen molar-refractivity contribution in [1.82, 2.24) is 134 Å². The number of nitrogens with zero attached hydrogens (tertiary/aromatic N) is 27. The van der Waals surface area contributed by atoms with Crippen LogP contribution in [0.2, 0.25) is 0 Å². The average molecular weight is 1850 g/mol. The molecule has 0 spiro atoms. The van der Waals surface area contributed by atoms with Crippen LogP contribution in [0.4, 0.5) is 27.6 Å². The minimum Gasteiger partial charge on any atom is -0.451 e.